The van der Waals surface area contributed by atoms with Crippen LogP contribution in [0.5, 0.6) is 0 Å². The fraction of sp³-hybridized carbons (Fsp3) is 0. The highest BCUT2D eigenvalue weighted by Gasteiger charge is 2.34. The van der Waals surface area contributed by atoms with Crippen LogP contribution < -0.4 is 0 Å². The van der Waals surface area contributed by atoms with Crippen molar-refractivity contribution in [1.29, 1.82) is 0 Å². The lowest BCUT2D eigenvalue weighted by Gasteiger charge is -2.14. The number of carbonyl (C=O) groups excluding carboxylic acids is 2. The second-order valence-corrected chi connectivity index (χ2v) is 5.47. The summed E-state index contributed by atoms with van der Waals surface area (Å²) < 4.78 is 0. The monoisotopic (exact) mass is 308 g/mol. The van der Waals surface area contributed by atoms with Crippen molar-refractivity contribution in [2.45, 2.75) is 0 Å². The number of ketones is 2. The first-order valence-electron chi connectivity index (χ1n) is 6.69. The summed E-state index contributed by atoms with van der Waals surface area (Å²) in [6.07, 6.45) is 0. The van der Waals surface area contributed by atoms with Crippen molar-refractivity contribution in [1.82, 2.24) is 10.2 Å². The Morgan fingerprint density at radius 2 is 1.50 bits per heavy atom. The third-order valence-corrected chi connectivity index (χ3v) is 4.01. The first-order chi connectivity index (χ1) is 10.7. The van der Waals surface area contributed by atoms with Gasteiger partial charge in [-0.05, 0) is 12.1 Å². The largest absolute Gasteiger partial charge is 0.288 e. The fourth-order valence-electron chi connectivity index (χ4n) is 2.69. The Kier molecular flexibility index (Phi) is 2.74. The average Bonchev–Trinajstić information content (AvgIpc) is 2.99. The number of H-pyrrole nitrogens is 1. The van der Waals surface area contributed by atoms with Crippen LogP contribution in [0.1, 0.15) is 32.0 Å². The van der Waals surface area contributed by atoms with Crippen LogP contribution in [0.25, 0.3) is 11.3 Å². The van der Waals surface area contributed by atoms with Gasteiger partial charge in [0.15, 0.2) is 5.78 Å². The highest BCUT2D eigenvalue weighted by atomic mass is 35.5. The molecule has 0 spiro atoms. The van der Waals surface area contributed by atoms with Gasteiger partial charge in [0.25, 0.3) is 0 Å². The maximum atomic E-state index is 12.7. The number of nitrogens with zero attached hydrogens (tertiary/aromatic N) is 1. The lowest BCUT2D eigenvalue weighted by atomic mass is 9.86. The topological polar surface area (TPSA) is 62.8 Å². The molecule has 4 rings (SSSR count). The quantitative estimate of drug-likeness (QED) is 0.585. The van der Waals surface area contributed by atoms with Crippen molar-refractivity contribution >= 4 is 23.2 Å². The smallest absolute Gasteiger partial charge is 0.212 e. The molecule has 0 atom stereocenters. The van der Waals surface area contributed by atoms with Crippen molar-refractivity contribution in [2.75, 3.05) is 0 Å². The van der Waals surface area contributed by atoms with E-state index in [4.69, 9.17) is 11.6 Å². The maximum absolute atomic E-state index is 12.7. The summed E-state index contributed by atoms with van der Waals surface area (Å²) in [5, 5.41) is 7.48. The van der Waals surface area contributed by atoms with Gasteiger partial charge in [0.2, 0.25) is 5.78 Å². The number of hydrogen-bond acceptors (Lipinski definition) is 3. The molecule has 2 aromatic carbocycles. The fourth-order valence-corrected chi connectivity index (χ4v) is 2.82. The van der Waals surface area contributed by atoms with Crippen molar-refractivity contribution in [3.8, 4) is 11.3 Å². The SMILES string of the molecule is O=C1c2ccccc2C(=O)c2c(-c3ccc(Cl)cc3)n[nH]c21. The van der Waals surface area contributed by atoms with Crippen LogP contribution in [0.3, 0.4) is 0 Å². The molecule has 5 heteroatoms. The molecular weight excluding hydrogens is 300 g/mol. The third-order valence-electron chi connectivity index (χ3n) is 3.75. The number of rotatable bonds is 1. The summed E-state index contributed by atoms with van der Waals surface area (Å²) in [6.45, 7) is 0. The molecule has 1 aromatic heterocycles. The molecule has 1 N–H and O–H groups in total. The number of nitrogens with one attached hydrogen (secondary N) is 1. The van der Waals surface area contributed by atoms with Gasteiger partial charge in [-0.25, -0.2) is 0 Å². The average molecular weight is 309 g/mol. The van der Waals surface area contributed by atoms with Gasteiger partial charge in [-0.1, -0.05) is 48.0 Å². The number of hydrogen-bond donors (Lipinski definition) is 1. The van der Waals surface area contributed by atoms with Crippen molar-refractivity contribution in [2.24, 2.45) is 0 Å². The summed E-state index contributed by atoms with van der Waals surface area (Å²) in [7, 11) is 0. The molecule has 1 aliphatic rings. The molecule has 22 heavy (non-hydrogen) atoms. The molecule has 0 saturated carbocycles. The number of aromatic amines is 1. The molecule has 0 aliphatic heterocycles. The standard InChI is InChI=1S/C17H9ClN2O2/c18-10-7-5-9(6-8-10)14-13-15(20-19-14)17(22)12-4-2-1-3-11(12)16(13)21/h1-8H,(H,19,20). The molecule has 0 amide bonds. The Balaban J connectivity index is 1.94. The zero-order chi connectivity index (χ0) is 15.3. The van der Waals surface area contributed by atoms with E-state index < -0.39 is 0 Å². The lowest BCUT2D eigenvalue weighted by Crippen LogP contribution is -2.20. The van der Waals surface area contributed by atoms with E-state index in [1.54, 1.807) is 48.5 Å². The molecule has 0 bridgehead atoms. The Morgan fingerprint density at radius 1 is 0.864 bits per heavy atom. The van der Waals surface area contributed by atoms with Crippen LogP contribution >= 0.6 is 11.6 Å². The Morgan fingerprint density at radius 3 is 2.18 bits per heavy atom. The Labute approximate surface area is 130 Å². The van der Waals surface area contributed by atoms with E-state index in [2.05, 4.69) is 10.2 Å². The summed E-state index contributed by atoms with van der Waals surface area (Å²) in [4.78, 5) is 25.2. The summed E-state index contributed by atoms with van der Waals surface area (Å²) in [5.41, 5.74) is 2.60. The highest BCUT2D eigenvalue weighted by Crippen LogP contribution is 2.32. The van der Waals surface area contributed by atoms with Gasteiger partial charge in [0.05, 0.1) is 5.56 Å². The number of benzene rings is 2. The molecule has 0 fully saturated rings. The number of aromatic nitrogens is 2. The van der Waals surface area contributed by atoms with E-state index in [9.17, 15) is 9.59 Å². The Bertz CT molecular complexity index is 926. The van der Waals surface area contributed by atoms with Crippen LogP contribution in [0.2, 0.25) is 5.02 Å². The van der Waals surface area contributed by atoms with E-state index >= 15 is 0 Å². The molecule has 3 aromatic rings. The van der Waals surface area contributed by atoms with Crippen molar-refractivity contribution < 1.29 is 9.59 Å². The minimum Gasteiger partial charge on any atom is -0.288 e. The van der Waals surface area contributed by atoms with Crippen LogP contribution in [0, 0.1) is 0 Å². The predicted octanol–water partition coefficient (Wildman–Crippen LogP) is 3.51. The van der Waals surface area contributed by atoms with Gasteiger partial charge < -0.3 is 0 Å². The number of carbonyl (C=O) groups is 2. The minimum absolute atomic E-state index is 0.191. The number of halogens is 1. The zero-order valence-electron chi connectivity index (χ0n) is 11.3. The van der Waals surface area contributed by atoms with E-state index in [0.29, 0.717) is 27.4 Å². The van der Waals surface area contributed by atoms with Gasteiger partial charge in [0, 0.05) is 21.7 Å². The summed E-state index contributed by atoms with van der Waals surface area (Å²) in [5.74, 6) is -0.401. The molecule has 4 nitrogen and oxygen atoms in total. The van der Waals surface area contributed by atoms with Crippen LogP contribution in [-0.4, -0.2) is 21.8 Å². The number of fused-ring (bicyclic) bond motifs is 2. The Hall–Kier alpha value is -2.72. The van der Waals surface area contributed by atoms with Gasteiger partial charge in [-0.2, -0.15) is 5.10 Å². The maximum Gasteiger partial charge on any atom is 0.212 e. The molecule has 106 valence electrons. The van der Waals surface area contributed by atoms with E-state index in [1.165, 1.54) is 0 Å². The van der Waals surface area contributed by atoms with E-state index in [1.807, 2.05) is 0 Å². The van der Waals surface area contributed by atoms with E-state index in [-0.39, 0.29) is 17.3 Å². The third kappa shape index (κ3) is 1.74. The second kappa shape index (κ2) is 4.64. The van der Waals surface area contributed by atoms with Crippen molar-refractivity contribution in [3.05, 3.63) is 75.9 Å². The molecule has 1 heterocycles. The summed E-state index contributed by atoms with van der Waals surface area (Å²) >= 11 is 5.89. The highest BCUT2D eigenvalue weighted by molar-refractivity contribution is 6.31. The first-order valence-corrected chi connectivity index (χ1v) is 7.07. The minimum atomic E-state index is -0.210. The van der Waals surface area contributed by atoms with Gasteiger partial charge in [-0.15, -0.1) is 0 Å². The summed E-state index contributed by atoms with van der Waals surface area (Å²) in [6, 6.07) is 13.8. The first kappa shape index (κ1) is 13.0. The van der Waals surface area contributed by atoms with Crippen LogP contribution in [0.4, 0.5) is 0 Å². The predicted molar refractivity (Wildman–Crippen MR) is 82.3 cm³/mol. The van der Waals surface area contributed by atoms with Gasteiger partial charge in [0.1, 0.15) is 11.4 Å². The normalized spacial score (nSPS) is 13.0. The van der Waals surface area contributed by atoms with Gasteiger partial charge in [-0.3, -0.25) is 14.7 Å². The molecule has 0 saturated heterocycles. The lowest BCUT2D eigenvalue weighted by molar-refractivity contribution is 0.0977. The second-order valence-electron chi connectivity index (χ2n) is 5.03. The van der Waals surface area contributed by atoms with Gasteiger partial charge >= 0.3 is 0 Å². The molecule has 0 radical (unpaired) electrons. The molecular formula is C17H9ClN2O2. The van der Waals surface area contributed by atoms with Crippen LogP contribution in [-0.2, 0) is 0 Å². The van der Waals surface area contributed by atoms with Crippen molar-refractivity contribution in [3.63, 3.8) is 0 Å². The molecule has 0 unspecified atom stereocenters. The van der Waals surface area contributed by atoms with E-state index in [0.717, 1.165) is 5.56 Å². The van der Waals surface area contributed by atoms with Crippen LogP contribution in [0.15, 0.2) is 48.5 Å². The zero-order valence-corrected chi connectivity index (χ0v) is 12.0. The molecule has 1 aliphatic carbocycles.